The molecule has 1 aromatic carbocycles. The zero-order chi connectivity index (χ0) is 20.1. The van der Waals surface area contributed by atoms with Crippen LogP contribution in [0.2, 0.25) is 0 Å². The van der Waals surface area contributed by atoms with E-state index >= 15 is 0 Å². The maximum atomic E-state index is 13.3. The number of rotatable bonds is 5. The Hall–Kier alpha value is -1.69. The number of hydrogen-bond acceptors (Lipinski definition) is 4. The lowest BCUT2D eigenvalue weighted by atomic mass is 9.84. The van der Waals surface area contributed by atoms with Gasteiger partial charge in [-0.3, -0.25) is 4.57 Å². The first kappa shape index (κ1) is 20.1. The predicted octanol–water partition coefficient (Wildman–Crippen LogP) is 4.62. The van der Waals surface area contributed by atoms with E-state index in [1.807, 2.05) is 32.3 Å². The van der Waals surface area contributed by atoms with Crippen molar-refractivity contribution in [2.75, 3.05) is 0 Å². The lowest BCUT2D eigenvalue weighted by molar-refractivity contribution is 0.550. The van der Waals surface area contributed by atoms with Crippen molar-refractivity contribution in [1.29, 1.82) is 0 Å². The molecule has 148 valence electrons. The van der Waals surface area contributed by atoms with E-state index in [-0.39, 0.29) is 28.3 Å². The van der Waals surface area contributed by atoms with Gasteiger partial charge >= 0.3 is 0 Å². The molecular formula is C21H31N3O2S. The average molecular weight is 390 g/mol. The van der Waals surface area contributed by atoms with Gasteiger partial charge in [0.15, 0.2) is 0 Å². The van der Waals surface area contributed by atoms with Crippen LogP contribution < -0.4 is 0 Å². The van der Waals surface area contributed by atoms with Crippen LogP contribution >= 0.6 is 0 Å². The molecule has 0 spiro atoms. The van der Waals surface area contributed by atoms with E-state index in [2.05, 4.69) is 43.1 Å². The number of benzene rings is 1. The normalized spacial score (nSPS) is 15.6. The molecular weight excluding hydrogens is 358 g/mol. The molecule has 0 atom stereocenters. The molecule has 0 unspecified atom stereocenters. The zero-order valence-corrected chi connectivity index (χ0v) is 18.3. The van der Waals surface area contributed by atoms with Crippen molar-refractivity contribution in [1.82, 2.24) is 14.8 Å². The molecule has 2 aromatic rings. The molecule has 1 saturated carbocycles. The first-order chi connectivity index (χ1) is 12.4. The second kappa shape index (κ2) is 6.73. The highest BCUT2D eigenvalue weighted by Gasteiger charge is 2.35. The highest BCUT2D eigenvalue weighted by atomic mass is 32.2. The molecule has 1 fully saturated rings. The third kappa shape index (κ3) is 3.96. The summed E-state index contributed by atoms with van der Waals surface area (Å²) >= 11 is 0. The largest absolute Gasteiger partial charge is 0.299 e. The Bertz CT molecular complexity index is 939. The highest BCUT2D eigenvalue weighted by Crippen LogP contribution is 2.39. The number of hydrogen-bond donors (Lipinski definition) is 0. The number of aromatic nitrogens is 3. The predicted molar refractivity (Wildman–Crippen MR) is 108 cm³/mol. The van der Waals surface area contributed by atoms with Gasteiger partial charge in [-0.1, -0.05) is 46.8 Å². The first-order valence-corrected chi connectivity index (χ1v) is 11.3. The quantitative estimate of drug-likeness (QED) is 0.748. The van der Waals surface area contributed by atoms with Gasteiger partial charge in [-0.25, -0.2) is 8.42 Å². The summed E-state index contributed by atoms with van der Waals surface area (Å²) in [6.45, 7) is 14.6. The van der Waals surface area contributed by atoms with Crippen LogP contribution in [-0.4, -0.2) is 23.2 Å². The minimum absolute atomic E-state index is 0.0297. The van der Waals surface area contributed by atoms with Crippen molar-refractivity contribution in [2.45, 2.75) is 89.6 Å². The summed E-state index contributed by atoms with van der Waals surface area (Å²) in [5, 5.41) is 8.45. The van der Waals surface area contributed by atoms with E-state index in [0.717, 1.165) is 35.4 Å². The topological polar surface area (TPSA) is 64.8 Å². The van der Waals surface area contributed by atoms with Crippen molar-refractivity contribution in [3.63, 3.8) is 0 Å². The first-order valence-electron chi connectivity index (χ1n) is 9.70. The van der Waals surface area contributed by atoms with Crippen LogP contribution in [0.1, 0.15) is 87.5 Å². The van der Waals surface area contributed by atoms with Gasteiger partial charge in [0.2, 0.25) is 15.0 Å². The molecule has 1 aromatic heterocycles. The fourth-order valence-electron chi connectivity index (χ4n) is 3.48. The third-order valence-electron chi connectivity index (χ3n) is 5.29. The second-order valence-electron chi connectivity index (χ2n) is 9.19. The molecule has 0 amide bonds. The van der Waals surface area contributed by atoms with Gasteiger partial charge in [-0.05, 0) is 54.4 Å². The molecule has 0 N–H and O–H groups in total. The molecule has 0 radical (unpaired) electrons. The Labute approximate surface area is 163 Å². The molecule has 1 aliphatic carbocycles. The van der Waals surface area contributed by atoms with Gasteiger partial charge in [0.1, 0.15) is 5.82 Å². The fraction of sp³-hybridized carbons (Fsp3) is 0.619. The molecule has 6 heteroatoms. The molecule has 27 heavy (non-hydrogen) atoms. The molecule has 1 aliphatic rings. The van der Waals surface area contributed by atoms with E-state index in [1.165, 1.54) is 5.56 Å². The highest BCUT2D eigenvalue weighted by molar-refractivity contribution is 7.90. The van der Waals surface area contributed by atoms with Crippen molar-refractivity contribution < 1.29 is 8.42 Å². The van der Waals surface area contributed by atoms with Gasteiger partial charge in [0, 0.05) is 12.0 Å². The summed E-state index contributed by atoms with van der Waals surface area (Å²) in [5.41, 5.74) is 4.17. The standard InChI is InChI=1S/C21H31N3O2S/c1-13(2)19-22-23-20(24(19)17-8-9-17)27(25,26)12-18-14(3)10-16(11-15(18)4)21(5,6)7/h10-11,13,17H,8-9,12H2,1-7H3. The van der Waals surface area contributed by atoms with E-state index in [1.54, 1.807) is 0 Å². The van der Waals surface area contributed by atoms with Gasteiger partial charge in [0.25, 0.3) is 0 Å². The Morgan fingerprint density at radius 3 is 2.11 bits per heavy atom. The van der Waals surface area contributed by atoms with Gasteiger partial charge in [0.05, 0.1) is 5.75 Å². The van der Waals surface area contributed by atoms with E-state index in [4.69, 9.17) is 0 Å². The maximum absolute atomic E-state index is 13.3. The van der Waals surface area contributed by atoms with Gasteiger partial charge in [-0.2, -0.15) is 0 Å². The maximum Gasteiger partial charge on any atom is 0.250 e. The van der Waals surface area contributed by atoms with Crippen molar-refractivity contribution in [2.24, 2.45) is 0 Å². The minimum Gasteiger partial charge on any atom is -0.299 e. The molecule has 0 bridgehead atoms. The fourth-order valence-corrected chi connectivity index (χ4v) is 5.15. The van der Waals surface area contributed by atoms with Crippen molar-refractivity contribution in [3.05, 3.63) is 40.2 Å². The van der Waals surface area contributed by atoms with Crippen LogP contribution in [0.5, 0.6) is 0 Å². The molecule has 0 aliphatic heterocycles. The Morgan fingerprint density at radius 1 is 1.11 bits per heavy atom. The molecule has 5 nitrogen and oxygen atoms in total. The monoisotopic (exact) mass is 389 g/mol. The Morgan fingerprint density at radius 2 is 1.67 bits per heavy atom. The van der Waals surface area contributed by atoms with Gasteiger partial charge < -0.3 is 0 Å². The van der Waals surface area contributed by atoms with Crippen LogP contribution in [0, 0.1) is 13.8 Å². The number of nitrogens with zero attached hydrogens (tertiary/aromatic N) is 3. The summed E-state index contributed by atoms with van der Waals surface area (Å²) in [5.74, 6) is 0.891. The lowest BCUT2D eigenvalue weighted by Gasteiger charge is -2.22. The van der Waals surface area contributed by atoms with E-state index in [0.29, 0.717) is 0 Å². The van der Waals surface area contributed by atoms with E-state index in [9.17, 15) is 8.42 Å². The second-order valence-corrected chi connectivity index (χ2v) is 11.1. The Kier molecular flexibility index (Phi) is 5.00. The van der Waals surface area contributed by atoms with Crippen LogP contribution in [0.25, 0.3) is 0 Å². The summed E-state index contributed by atoms with van der Waals surface area (Å²) in [4.78, 5) is 0. The summed E-state index contributed by atoms with van der Waals surface area (Å²) < 4.78 is 28.4. The van der Waals surface area contributed by atoms with Crippen LogP contribution in [0.15, 0.2) is 17.3 Å². The van der Waals surface area contributed by atoms with Crippen LogP contribution in [0.3, 0.4) is 0 Å². The summed E-state index contributed by atoms with van der Waals surface area (Å²) in [7, 11) is -3.57. The lowest BCUT2D eigenvalue weighted by Crippen LogP contribution is -2.17. The average Bonchev–Trinajstić information content (AvgIpc) is 3.26. The van der Waals surface area contributed by atoms with Crippen LogP contribution in [-0.2, 0) is 21.0 Å². The molecule has 0 saturated heterocycles. The van der Waals surface area contributed by atoms with Crippen LogP contribution in [0.4, 0.5) is 0 Å². The molecule has 1 heterocycles. The van der Waals surface area contributed by atoms with E-state index < -0.39 is 9.84 Å². The van der Waals surface area contributed by atoms with Crippen molar-refractivity contribution >= 4 is 9.84 Å². The Balaban J connectivity index is 2.02. The van der Waals surface area contributed by atoms with Gasteiger partial charge in [-0.15, -0.1) is 10.2 Å². The smallest absolute Gasteiger partial charge is 0.250 e. The summed E-state index contributed by atoms with van der Waals surface area (Å²) in [6.07, 6.45) is 2.00. The number of aryl methyl sites for hydroxylation is 2. The third-order valence-corrected chi connectivity index (χ3v) is 6.80. The van der Waals surface area contributed by atoms with Crippen molar-refractivity contribution in [3.8, 4) is 0 Å². The summed E-state index contributed by atoms with van der Waals surface area (Å²) in [6, 6.07) is 4.46. The SMILES string of the molecule is Cc1cc(C(C)(C)C)cc(C)c1CS(=O)(=O)c1nnc(C(C)C)n1C1CC1. The number of sulfone groups is 1. The minimum atomic E-state index is -3.57. The zero-order valence-electron chi connectivity index (χ0n) is 17.5. The molecule has 3 rings (SSSR count).